The third-order valence-electron chi connectivity index (χ3n) is 13.8. The number of benzene rings is 7. The van der Waals surface area contributed by atoms with Gasteiger partial charge in [0.2, 0.25) is 0 Å². The van der Waals surface area contributed by atoms with E-state index in [1.54, 1.807) is 0 Å². The van der Waals surface area contributed by atoms with Crippen LogP contribution in [-0.4, -0.2) is 19.6 Å². The van der Waals surface area contributed by atoms with Crippen LogP contribution < -0.4 is 0 Å². The molecule has 0 spiro atoms. The molecule has 71 heavy (non-hydrogen) atoms. The molecule has 2 aromatic heterocycles. The fourth-order valence-corrected chi connectivity index (χ4v) is 9.42. The fraction of sp³-hybridized carbons (Fsp3) is 0.273. The Morgan fingerprint density at radius 1 is 0.577 bits per heavy atom. The minimum Gasteiger partial charge on any atom is -0.507 e. The Hall–Kier alpha value is -6.35. The Morgan fingerprint density at radius 2 is 1.24 bits per heavy atom. The van der Waals surface area contributed by atoms with E-state index in [0.29, 0.717) is 28.2 Å². The number of para-hydroxylation sites is 1. The van der Waals surface area contributed by atoms with E-state index in [9.17, 15) is 5.11 Å². The zero-order chi connectivity index (χ0) is 53.2. The van der Waals surface area contributed by atoms with E-state index in [4.69, 9.17) is 15.5 Å². The molecule has 364 valence electrons. The summed E-state index contributed by atoms with van der Waals surface area (Å²) in [6.45, 7) is 23.0. The van der Waals surface area contributed by atoms with Gasteiger partial charge in [-0.3, -0.25) is 9.55 Å². The standard InChI is InChI=1S/C66H68N3O.Pt/c1-40(2)44-22-24-45(25-23-44)48-30-31-67-59(38-48)51-33-50(34-53(35-51)66(11,12)13)54-20-17-21-60-62(54)68-64(58-37-49(41(3)4)36-55(42(5)6)63(58)70)69(60)61-32-43(7)56(46-18-15-14-16-19-46)39-57(61)47-26-28-52(29-27-47)65(8,9)10;/h14-32,34-42,70H,1-13H3;/q-1;/i7D3,40D;. The molecule has 0 fully saturated rings. The number of hydrogen-bond donors (Lipinski definition) is 1. The van der Waals surface area contributed by atoms with E-state index in [1.165, 1.54) is 5.56 Å². The van der Waals surface area contributed by atoms with Crippen LogP contribution in [0.4, 0.5) is 0 Å². The number of aromatic nitrogens is 3. The monoisotopic (exact) mass is 1120 g/mol. The zero-order valence-corrected chi connectivity index (χ0v) is 45.5. The van der Waals surface area contributed by atoms with Gasteiger partial charge in [-0.15, -0.1) is 29.3 Å². The summed E-state index contributed by atoms with van der Waals surface area (Å²) in [4.78, 5) is 10.6. The molecule has 0 aliphatic heterocycles. The first-order chi connectivity index (χ1) is 34.8. The quantitative estimate of drug-likeness (QED) is 0.139. The van der Waals surface area contributed by atoms with Crippen LogP contribution in [0.5, 0.6) is 5.75 Å². The molecule has 1 N–H and O–H groups in total. The van der Waals surface area contributed by atoms with Gasteiger partial charge in [0, 0.05) is 44.0 Å². The van der Waals surface area contributed by atoms with Crippen molar-refractivity contribution in [3.63, 3.8) is 0 Å². The predicted molar refractivity (Wildman–Crippen MR) is 296 cm³/mol. The normalized spacial score (nSPS) is 13.2. The van der Waals surface area contributed by atoms with Crippen molar-refractivity contribution in [2.45, 2.75) is 118 Å². The van der Waals surface area contributed by atoms with Gasteiger partial charge in [-0.25, -0.2) is 4.98 Å². The van der Waals surface area contributed by atoms with Crippen molar-refractivity contribution in [1.82, 2.24) is 14.5 Å². The first-order valence-corrected chi connectivity index (χ1v) is 24.7. The molecule has 7 aromatic carbocycles. The average molecular weight is 1120 g/mol. The van der Waals surface area contributed by atoms with Crippen molar-refractivity contribution in [3.8, 4) is 78.6 Å². The maximum absolute atomic E-state index is 12.5. The van der Waals surface area contributed by atoms with Crippen LogP contribution in [0.1, 0.15) is 140 Å². The number of rotatable bonds is 10. The Morgan fingerprint density at radius 3 is 1.87 bits per heavy atom. The number of hydrogen-bond acceptors (Lipinski definition) is 3. The van der Waals surface area contributed by atoms with Crippen LogP contribution in [0.15, 0.2) is 152 Å². The Bertz CT molecular complexity index is 3540. The third kappa shape index (κ3) is 10.2. The number of phenols is 1. The molecule has 9 aromatic rings. The maximum Gasteiger partial charge on any atom is 0.148 e. The van der Waals surface area contributed by atoms with Gasteiger partial charge in [0.25, 0.3) is 0 Å². The summed E-state index contributed by atoms with van der Waals surface area (Å²) in [5.74, 6) is 0.0687. The van der Waals surface area contributed by atoms with Gasteiger partial charge in [0.05, 0.1) is 22.3 Å². The van der Waals surface area contributed by atoms with Crippen LogP contribution in [0.2, 0.25) is 0 Å². The summed E-state index contributed by atoms with van der Waals surface area (Å²) in [7, 11) is 0. The molecule has 0 bridgehead atoms. The molecular weight excluding hydrogens is 1050 g/mol. The second kappa shape index (κ2) is 20.0. The van der Waals surface area contributed by atoms with Gasteiger partial charge >= 0.3 is 0 Å². The van der Waals surface area contributed by atoms with Crippen molar-refractivity contribution < 1.29 is 31.7 Å². The summed E-state index contributed by atoms with van der Waals surface area (Å²) in [6.07, 6.45) is 1.84. The van der Waals surface area contributed by atoms with Crippen molar-refractivity contribution in [2.75, 3.05) is 0 Å². The van der Waals surface area contributed by atoms with Crippen LogP contribution in [0, 0.1) is 12.9 Å². The molecule has 5 heteroatoms. The average Bonchev–Trinajstić information content (AvgIpc) is 3.74. The Balaban J connectivity index is 0.00000747. The minimum atomic E-state index is -2.49. The number of aromatic hydroxyl groups is 1. The molecule has 0 unspecified atom stereocenters. The van der Waals surface area contributed by atoms with E-state index >= 15 is 0 Å². The van der Waals surface area contributed by atoms with E-state index in [2.05, 4.69) is 153 Å². The van der Waals surface area contributed by atoms with Crippen molar-refractivity contribution in [1.29, 1.82) is 0 Å². The third-order valence-corrected chi connectivity index (χ3v) is 13.8. The summed E-state index contributed by atoms with van der Waals surface area (Å²) in [6, 6.07) is 53.0. The molecule has 0 saturated heterocycles. The number of phenolic OH excluding ortho intramolecular Hbond substituents is 1. The topological polar surface area (TPSA) is 50.9 Å². The smallest absolute Gasteiger partial charge is 0.148 e. The molecule has 0 radical (unpaired) electrons. The molecule has 4 nitrogen and oxygen atoms in total. The Kier molecular flexibility index (Phi) is 12.9. The van der Waals surface area contributed by atoms with E-state index < -0.39 is 12.7 Å². The van der Waals surface area contributed by atoms with Crippen molar-refractivity contribution in [3.05, 3.63) is 191 Å². The molecule has 0 amide bonds. The summed E-state index contributed by atoms with van der Waals surface area (Å²) in [5.41, 5.74) is 16.0. The second-order valence-corrected chi connectivity index (χ2v) is 21.8. The predicted octanol–water partition coefficient (Wildman–Crippen LogP) is 18.2. The van der Waals surface area contributed by atoms with Gasteiger partial charge in [0.1, 0.15) is 11.6 Å². The van der Waals surface area contributed by atoms with E-state index in [0.717, 1.165) is 78.0 Å². The van der Waals surface area contributed by atoms with Gasteiger partial charge in [-0.1, -0.05) is 197 Å². The Labute approximate surface area is 443 Å². The van der Waals surface area contributed by atoms with Gasteiger partial charge in [-0.2, -0.15) is 0 Å². The molecule has 0 saturated carbocycles. The molecule has 0 aliphatic carbocycles. The summed E-state index contributed by atoms with van der Waals surface area (Å²) >= 11 is 0. The van der Waals surface area contributed by atoms with Crippen LogP contribution >= 0.6 is 0 Å². The zero-order valence-electron chi connectivity index (χ0n) is 47.2. The van der Waals surface area contributed by atoms with Gasteiger partial charge < -0.3 is 5.11 Å². The van der Waals surface area contributed by atoms with E-state index in [-0.39, 0.29) is 55.0 Å². The van der Waals surface area contributed by atoms with Crippen LogP contribution in [0.3, 0.4) is 0 Å². The van der Waals surface area contributed by atoms with Crippen molar-refractivity contribution >= 4 is 11.0 Å². The molecular formula is C66H68N3OPt-. The molecule has 9 rings (SSSR count). The molecule has 2 heterocycles. The van der Waals surface area contributed by atoms with Crippen LogP contribution in [0.25, 0.3) is 83.9 Å². The summed E-state index contributed by atoms with van der Waals surface area (Å²) < 4.78 is 37.9. The van der Waals surface area contributed by atoms with Gasteiger partial charge in [-0.05, 0) is 121 Å². The number of pyridine rings is 1. The SMILES string of the molecule is [2H]C([2H])([2H])c1cc(-n2c(-c3cc(C(C)C)cc(C(C)C)c3O)nc3c(-c4[c-]c(-c5cc(-c6ccc(C([2H])(C)C)cc6)ccn5)cc(C(C)(C)C)c4)cccc32)c(-c2ccc(C(C)(C)C)cc2)cc1-c1ccccc1.[Pt]. The molecule has 0 aliphatic rings. The largest absolute Gasteiger partial charge is 0.507 e. The first kappa shape index (κ1) is 45.8. The number of nitrogens with zero attached hydrogens (tertiary/aromatic N) is 3. The molecule has 0 atom stereocenters. The fourth-order valence-electron chi connectivity index (χ4n) is 9.42. The minimum absolute atomic E-state index is 0. The van der Waals surface area contributed by atoms with Gasteiger partial charge in [0.15, 0.2) is 0 Å². The number of fused-ring (bicyclic) bond motifs is 1. The summed E-state index contributed by atoms with van der Waals surface area (Å²) in [5, 5.41) is 12.5. The van der Waals surface area contributed by atoms with Crippen molar-refractivity contribution in [2.24, 2.45) is 0 Å². The number of imidazole rings is 1. The van der Waals surface area contributed by atoms with E-state index in [1.807, 2.05) is 92.8 Å². The van der Waals surface area contributed by atoms with Crippen LogP contribution in [-0.2, 0) is 31.9 Å². The second-order valence-electron chi connectivity index (χ2n) is 21.8. The maximum atomic E-state index is 12.5. The first-order valence-electron chi connectivity index (χ1n) is 26.7. The number of aryl methyl sites for hydroxylation is 1.